The first-order valence-corrected chi connectivity index (χ1v) is 8.08. The standard InChI is InChI=1S/C18H20BrNO/c1-21-16-8-7-13(11-15(16)19)12-17(20)18(9-10-18)14-5-3-2-4-6-14/h2-8,11,17H,9-10,12,20H2,1H3. The molecule has 0 aromatic heterocycles. The molecule has 0 heterocycles. The second-order valence-corrected chi connectivity index (χ2v) is 6.66. The van der Waals surface area contributed by atoms with Crippen LogP contribution in [0.25, 0.3) is 0 Å². The first-order valence-electron chi connectivity index (χ1n) is 7.29. The van der Waals surface area contributed by atoms with Gasteiger partial charge in [-0.25, -0.2) is 0 Å². The zero-order chi connectivity index (χ0) is 14.9. The van der Waals surface area contributed by atoms with Crippen LogP contribution < -0.4 is 10.5 Å². The first-order chi connectivity index (χ1) is 10.2. The fourth-order valence-electron chi connectivity index (χ4n) is 3.06. The van der Waals surface area contributed by atoms with Gasteiger partial charge in [0.25, 0.3) is 0 Å². The van der Waals surface area contributed by atoms with Crippen LogP contribution in [-0.2, 0) is 11.8 Å². The molecule has 1 unspecified atom stereocenters. The van der Waals surface area contributed by atoms with Gasteiger partial charge in [-0.05, 0) is 58.5 Å². The summed E-state index contributed by atoms with van der Waals surface area (Å²) in [6.45, 7) is 0. The van der Waals surface area contributed by atoms with Gasteiger partial charge < -0.3 is 10.5 Å². The Hall–Kier alpha value is -1.32. The van der Waals surface area contributed by atoms with Crippen LogP contribution in [0.1, 0.15) is 24.0 Å². The van der Waals surface area contributed by atoms with Gasteiger partial charge in [0, 0.05) is 11.5 Å². The topological polar surface area (TPSA) is 35.2 Å². The maximum absolute atomic E-state index is 6.55. The largest absolute Gasteiger partial charge is 0.496 e. The maximum Gasteiger partial charge on any atom is 0.133 e. The number of nitrogens with two attached hydrogens (primary N) is 1. The summed E-state index contributed by atoms with van der Waals surface area (Å²) < 4.78 is 6.26. The van der Waals surface area contributed by atoms with Gasteiger partial charge in [0.1, 0.15) is 5.75 Å². The van der Waals surface area contributed by atoms with E-state index in [-0.39, 0.29) is 11.5 Å². The Morgan fingerprint density at radius 2 is 1.90 bits per heavy atom. The van der Waals surface area contributed by atoms with Gasteiger partial charge in [-0.3, -0.25) is 0 Å². The highest BCUT2D eigenvalue weighted by Gasteiger charge is 2.48. The molecule has 3 heteroatoms. The van der Waals surface area contributed by atoms with Gasteiger partial charge in [0.2, 0.25) is 0 Å². The molecule has 110 valence electrons. The zero-order valence-corrected chi connectivity index (χ0v) is 13.8. The molecule has 0 spiro atoms. The molecule has 3 rings (SSSR count). The predicted molar refractivity (Wildman–Crippen MR) is 89.7 cm³/mol. The summed E-state index contributed by atoms with van der Waals surface area (Å²) in [6.07, 6.45) is 3.27. The number of benzene rings is 2. The number of halogens is 1. The molecular weight excluding hydrogens is 326 g/mol. The molecule has 0 radical (unpaired) electrons. The second-order valence-electron chi connectivity index (χ2n) is 5.80. The molecule has 0 bridgehead atoms. The molecule has 1 fully saturated rings. The number of rotatable bonds is 5. The van der Waals surface area contributed by atoms with Crippen LogP contribution in [0.4, 0.5) is 0 Å². The lowest BCUT2D eigenvalue weighted by Crippen LogP contribution is -2.36. The summed E-state index contributed by atoms with van der Waals surface area (Å²) >= 11 is 3.54. The van der Waals surface area contributed by atoms with E-state index in [2.05, 4.69) is 58.4 Å². The van der Waals surface area contributed by atoms with E-state index in [1.807, 2.05) is 6.07 Å². The Bertz CT molecular complexity index is 622. The minimum atomic E-state index is 0.153. The molecule has 2 N–H and O–H groups in total. The first kappa shape index (κ1) is 14.6. The van der Waals surface area contributed by atoms with Gasteiger partial charge in [-0.1, -0.05) is 36.4 Å². The quantitative estimate of drug-likeness (QED) is 0.886. The smallest absolute Gasteiger partial charge is 0.133 e. The molecule has 21 heavy (non-hydrogen) atoms. The fourth-order valence-corrected chi connectivity index (χ4v) is 3.65. The summed E-state index contributed by atoms with van der Waals surface area (Å²) in [4.78, 5) is 0. The second kappa shape index (κ2) is 5.82. The highest BCUT2D eigenvalue weighted by Crippen LogP contribution is 2.51. The minimum absolute atomic E-state index is 0.153. The van der Waals surface area contributed by atoms with E-state index in [1.165, 1.54) is 24.0 Å². The molecule has 0 saturated heterocycles. The minimum Gasteiger partial charge on any atom is -0.496 e. The normalized spacial score (nSPS) is 17.3. The highest BCUT2D eigenvalue weighted by atomic mass is 79.9. The molecule has 1 saturated carbocycles. The average Bonchev–Trinajstić information content (AvgIpc) is 3.30. The van der Waals surface area contributed by atoms with Crippen molar-refractivity contribution in [3.8, 4) is 5.75 Å². The summed E-state index contributed by atoms with van der Waals surface area (Å²) in [6, 6.07) is 17.0. The van der Waals surface area contributed by atoms with Gasteiger partial charge in [0.05, 0.1) is 11.6 Å². The van der Waals surface area contributed by atoms with E-state index in [4.69, 9.17) is 10.5 Å². The molecule has 2 aromatic rings. The Labute approximate surface area is 134 Å². The fraction of sp³-hybridized carbons (Fsp3) is 0.333. The number of methoxy groups -OCH3 is 1. The van der Waals surface area contributed by atoms with Crippen molar-refractivity contribution in [3.05, 3.63) is 64.1 Å². The molecular formula is C18H20BrNO. The molecule has 1 atom stereocenters. The molecule has 1 aliphatic carbocycles. The van der Waals surface area contributed by atoms with Crippen LogP contribution in [-0.4, -0.2) is 13.2 Å². The van der Waals surface area contributed by atoms with Crippen molar-refractivity contribution >= 4 is 15.9 Å². The van der Waals surface area contributed by atoms with Crippen molar-refractivity contribution in [2.24, 2.45) is 5.73 Å². The summed E-state index contributed by atoms with van der Waals surface area (Å²) in [5.74, 6) is 0.858. The van der Waals surface area contributed by atoms with Crippen LogP contribution in [0.3, 0.4) is 0 Å². The van der Waals surface area contributed by atoms with E-state index in [0.717, 1.165) is 16.6 Å². The summed E-state index contributed by atoms with van der Waals surface area (Å²) in [5, 5.41) is 0. The predicted octanol–water partition coefficient (Wildman–Crippen LogP) is 4.06. The van der Waals surface area contributed by atoms with Crippen molar-refractivity contribution in [1.29, 1.82) is 0 Å². The van der Waals surface area contributed by atoms with Crippen LogP contribution >= 0.6 is 15.9 Å². The van der Waals surface area contributed by atoms with Gasteiger partial charge >= 0.3 is 0 Å². The SMILES string of the molecule is COc1ccc(CC(N)C2(c3ccccc3)CC2)cc1Br. The third-order valence-corrected chi connectivity index (χ3v) is 5.14. The third kappa shape index (κ3) is 2.85. The average molecular weight is 346 g/mol. The third-order valence-electron chi connectivity index (χ3n) is 4.52. The number of ether oxygens (including phenoxy) is 1. The Morgan fingerprint density at radius 1 is 1.19 bits per heavy atom. The van der Waals surface area contributed by atoms with E-state index < -0.39 is 0 Å². The summed E-state index contributed by atoms with van der Waals surface area (Å²) in [7, 11) is 1.68. The van der Waals surface area contributed by atoms with Crippen molar-refractivity contribution < 1.29 is 4.74 Å². The van der Waals surface area contributed by atoms with Crippen LogP contribution in [0.2, 0.25) is 0 Å². The van der Waals surface area contributed by atoms with Crippen LogP contribution in [0.5, 0.6) is 5.75 Å². The Morgan fingerprint density at radius 3 is 2.48 bits per heavy atom. The Balaban J connectivity index is 1.78. The van der Waals surface area contributed by atoms with Crippen molar-refractivity contribution in [2.45, 2.75) is 30.7 Å². The number of hydrogen-bond acceptors (Lipinski definition) is 2. The van der Waals surface area contributed by atoms with E-state index in [1.54, 1.807) is 7.11 Å². The lowest BCUT2D eigenvalue weighted by atomic mass is 9.85. The van der Waals surface area contributed by atoms with Gasteiger partial charge in [-0.2, -0.15) is 0 Å². The monoisotopic (exact) mass is 345 g/mol. The molecule has 1 aliphatic rings. The molecule has 2 aromatic carbocycles. The van der Waals surface area contributed by atoms with Crippen LogP contribution in [0, 0.1) is 0 Å². The lowest BCUT2D eigenvalue weighted by molar-refractivity contribution is 0.411. The lowest BCUT2D eigenvalue weighted by Gasteiger charge is -2.24. The molecule has 0 amide bonds. The zero-order valence-electron chi connectivity index (χ0n) is 12.2. The van der Waals surface area contributed by atoms with Crippen molar-refractivity contribution in [3.63, 3.8) is 0 Å². The molecule has 2 nitrogen and oxygen atoms in total. The summed E-state index contributed by atoms with van der Waals surface area (Å²) in [5.41, 5.74) is 9.35. The molecule has 0 aliphatic heterocycles. The number of hydrogen-bond donors (Lipinski definition) is 1. The van der Waals surface area contributed by atoms with Gasteiger partial charge in [0.15, 0.2) is 0 Å². The van der Waals surface area contributed by atoms with Crippen molar-refractivity contribution in [2.75, 3.05) is 7.11 Å². The Kier molecular flexibility index (Phi) is 4.05. The van der Waals surface area contributed by atoms with E-state index >= 15 is 0 Å². The van der Waals surface area contributed by atoms with E-state index in [9.17, 15) is 0 Å². The van der Waals surface area contributed by atoms with Crippen molar-refractivity contribution in [1.82, 2.24) is 0 Å². The highest BCUT2D eigenvalue weighted by molar-refractivity contribution is 9.10. The van der Waals surface area contributed by atoms with Gasteiger partial charge in [-0.15, -0.1) is 0 Å². The van der Waals surface area contributed by atoms with E-state index in [0.29, 0.717) is 0 Å². The van der Waals surface area contributed by atoms with Crippen LogP contribution in [0.15, 0.2) is 53.0 Å². The maximum atomic E-state index is 6.55.